The van der Waals surface area contributed by atoms with Gasteiger partial charge >= 0.3 is 0 Å². The average molecular weight is 337 g/mol. The molecule has 1 saturated carbocycles. The lowest BCUT2D eigenvalue weighted by molar-refractivity contribution is -0.120. The highest BCUT2D eigenvalue weighted by Crippen LogP contribution is 2.32. The number of carbonyl (C=O) groups is 1. The van der Waals surface area contributed by atoms with Gasteiger partial charge in [-0.1, -0.05) is 24.2 Å². The van der Waals surface area contributed by atoms with Gasteiger partial charge in [0, 0.05) is 16.5 Å². The maximum absolute atomic E-state index is 12.3. The first-order valence-corrected chi connectivity index (χ1v) is 7.54. The van der Waals surface area contributed by atoms with Crippen LogP contribution in [0.3, 0.4) is 0 Å². The highest BCUT2D eigenvalue weighted by atomic mass is 35.5. The van der Waals surface area contributed by atoms with Crippen molar-refractivity contribution >= 4 is 35.8 Å². The second kappa shape index (κ2) is 8.56. The minimum Gasteiger partial charge on any atom is -0.330 e. The van der Waals surface area contributed by atoms with Gasteiger partial charge in [-0.15, -0.1) is 12.4 Å². The number of nitrogens with one attached hydrogen (secondary N) is 1. The molecule has 118 valence electrons. The van der Waals surface area contributed by atoms with Crippen molar-refractivity contribution < 1.29 is 13.6 Å². The first-order chi connectivity index (χ1) is 9.60. The molecule has 1 aromatic carbocycles. The van der Waals surface area contributed by atoms with E-state index in [-0.39, 0.29) is 30.2 Å². The molecule has 0 radical (unpaired) electrons. The first kappa shape index (κ1) is 18.2. The number of anilines is 1. The minimum atomic E-state index is -2.46. The Bertz CT molecular complexity index is 476. The Labute approximate surface area is 133 Å². The molecule has 0 heterocycles. The number of carbonyl (C=O) groups excluding carboxylic acids is 1. The SMILES string of the molecule is Cl.NC[C@H]1CCC[C@H]1C(=O)Nc1cccc(SC(F)F)c1. The zero-order valence-electron chi connectivity index (χ0n) is 11.4. The predicted octanol–water partition coefficient (Wildman–Crippen LogP) is 3.74. The number of halogens is 3. The third-order valence-corrected chi connectivity index (χ3v) is 4.33. The van der Waals surface area contributed by atoms with Gasteiger partial charge in [0.2, 0.25) is 5.91 Å². The van der Waals surface area contributed by atoms with Crippen LogP contribution in [0, 0.1) is 11.8 Å². The lowest BCUT2D eigenvalue weighted by Gasteiger charge is -2.17. The van der Waals surface area contributed by atoms with Gasteiger partial charge in [-0.3, -0.25) is 4.79 Å². The molecule has 1 amide bonds. The van der Waals surface area contributed by atoms with Crippen molar-refractivity contribution in [3.63, 3.8) is 0 Å². The Morgan fingerprint density at radius 1 is 1.43 bits per heavy atom. The normalized spacial score (nSPS) is 21.1. The van der Waals surface area contributed by atoms with Crippen molar-refractivity contribution in [1.82, 2.24) is 0 Å². The summed E-state index contributed by atoms with van der Waals surface area (Å²) < 4.78 is 24.6. The number of hydrogen-bond acceptors (Lipinski definition) is 3. The number of thioether (sulfide) groups is 1. The van der Waals surface area contributed by atoms with E-state index in [1.54, 1.807) is 24.3 Å². The third-order valence-electron chi connectivity index (χ3n) is 3.63. The number of alkyl halides is 2. The van der Waals surface area contributed by atoms with Crippen molar-refractivity contribution in [3.8, 4) is 0 Å². The summed E-state index contributed by atoms with van der Waals surface area (Å²) in [7, 11) is 0. The first-order valence-electron chi connectivity index (χ1n) is 6.66. The zero-order chi connectivity index (χ0) is 14.5. The maximum Gasteiger partial charge on any atom is 0.288 e. The maximum atomic E-state index is 12.3. The fraction of sp³-hybridized carbons (Fsp3) is 0.500. The molecule has 3 nitrogen and oxygen atoms in total. The quantitative estimate of drug-likeness (QED) is 0.805. The molecule has 0 unspecified atom stereocenters. The van der Waals surface area contributed by atoms with Crippen LogP contribution in [0.2, 0.25) is 0 Å². The summed E-state index contributed by atoms with van der Waals surface area (Å²) in [4.78, 5) is 12.6. The molecule has 1 aliphatic rings. The van der Waals surface area contributed by atoms with E-state index in [0.29, 0.717) is 28.9 Å². The lowest BCUT2D eigenvalue weighted by Crippen LogP contribution is -2.29. The Morgan fingerprint density at radius 2 is 2.19 bits per heavy atom. The molecule has 3 N–H and O–H groups in total. The Hall–Kier alpha value is -0.850. The molecule has 1 aromatic rings. The fourth-order valence-corrected chi connectivity index (χ4v) is 3.21. The van der Waals surface area contributed by atoms with Crippen LogP contribution < -0.4 is 11.1 Å². The smallest absolute Gasteiger partial charge is 0.288 e. The lowest BCUT2D eigenvalue weighted by atomic mass is 9.95. The van der Waals surface area contributed by atoms with E-state index in [1.165, 1.54) is 0 Å². The summed E-state index contributed by atoms with van der Waals surface area (Å²) in [5, 5.41) is 2.81. The molecule has 7 heteroatoms. The number of nitrogens with two attached hydrogens (primary N) is 1. The van der Waals surface area contributed by atoms with E-state index in [4.69, 9.17) is 5.73 Å². The van der Waals surface area contributed by atoms with E-state index in [1.807, 2.05) is 0 Å². The Balaban J connectivity index is 0.00000220. The second-order valence-corrected chi connectivity index (χ2v) is 5.99. The summed E-state index contributed by atoms with van der Waals surface area (Å²) in [5.74, 6) is -2.35. The van der Waals surface area contributed by atoms with Gasteiger partial charge in [-0.2, -0.15) is 8.78 Å². The van der Waals surface area contributed by atoms with Crippen LogP contribution in [-0.4, -0.2) is 18.2 Å². The van der Waals surface area contributed by atoms with E-state index in [2.05, 4.69) is 5.32 Å². The summed E-state index contributed by atoms with van der Waals surface area (Å²) in [6.07, 6.45) is 2.84. The van der Waals surface area contributed by atoms with Crippen molar-refractivity contribution in [2.75, 3.05) is 11.9 Å². The molecule has 2 atom stereocenters. The van der Waals surface area contributed by atoms with Crippen LogP contribution in [-0.2, 0) is 4.79 Å². The van der Waals surface area contributed by atoms with E-state index in [0.717, 1.165) is 19.3 Å². The van der Waals surface area contributed by atoms with Gasteiger partial charge in [0.15, 0.2) is 0 Å². The topological polar surface area (TPSA) is 55.1 Å². The number of benzene rings is 1. The van der Waals surface area contributed by atoms with Crippen LogP contribution in [0.5, 0.6) is 0 Å². The van der Waals surface area contributed by atoms with Crippen LogP contribution in [0.25, 0.3) is 0 Å². The largest absolute Gasteiger partial charge is 0.330 e. The van der Waals surface area contributed by atoms with Gasteiger partial charge in [-0.25, -0.2) is 0 Å². The van der Waals surface area contributed by atoms with Gasteiger partial charge in [0.05, 0.1) is 0 Å². The molecule has 1 aliphatic carbocycles. The standard InChI is InChI=1S/C14H18F2N2OS.ClH/c15-14(16)20-11-5-2-4-10(7-11)18-13(19)12-6-1-3-9(12)8-17;/h2,4-5,7,9,12,14H,1,3,6,8,17H2,(H,18,19);1H/t9-,12-;/m1./s1. The molecule has 0 spiro atoms. The van der Waals surface area contributed by atoms with Gasteiger partial charge in [-0.05, 0) is 43.5 Å². The number of amides is 1. The molecule has 1 fully saturated rings. The summed E-state index contributed by atoms with van der Waals surface area (Å²) >= 11 is 0.472. The zero-order valence-corrected chi connectivity index (χ0v) is 13.1. The second-order valence-electron chi connectivity index (χ2n) is 4.93. The number of rotatable bonds is 5. The third kappa shape index (κ3) is 5.13. The van der Waals surface area contributed by atoms with E-state index < -0.39 is 5.76 Å². The molecule has 0 bridgehead atoms. The van der Waals surface area contributed by atoms with Crippen molar-refractivity contribution in [2.24, 2.45) is 17.6 Å². The molecule has 0 aliphatic heterocycles. The fourth-order valence-electron chi connectivity index (χ4n) is 2.65. The van der Waals surface area contributed by atoms with Crippen molar-refractivity contribution in [1.29, 1.82) is 0 Å². The molecular weight excluding hydrogens is 318 g/mol. The van der Waals surface area contributed by atoms with Crippen LogP contribution in [0.1, 0.15) is 19.3 Å². The molecule has 0 saturated heterocycles. The predicted molar refractivity (Wildman–Crippen MR) is 84.1 cm³/mol. The summed E-state index contributed by atoms with van der Waals surface area (Å²) in [6.45, 7) is 0.513. The molecule has 21 heavy (non-hydrogen) atoms. The van der Waals surface area contributed by atoms with E-state index >= 15 is 0 Å². The molecule has 0 aromatic heterocycles. The van der Waals surface area contributed by atoms with Crippen molar-refractivity contribution in [2.45, 2.75) is 29.9 Å². The Kier molecular flexibility index (Phi) is 7.42. The highest BCUT2D eigenvalue weighted by Gasteiger charge is 2.31. The number of hydrogen-bond donors (Lipinski definition) is 2. The van der Waals surface area contributed by atoms with Gasteiger partial charge in [0.1, 0.15) is 0 Å². The van der Waals surface area contributed by atoms with Gasteiger partial charge < -0.3 is 11.1 Å². The summed E-state index contributed by atoms with van der Waals surface area (Å²) in [5.41, 5.74) is 6.23. The molecular formula is C14H19ClF2N2OS. The average Bonchev–Trinajstić information content (AvgIpc) is 2.86. The monoisotopic (exact) mass is 336 g/mol. The minimum absolute atomic E-state index is 0. The molecule has 2 rings (SSSR count). The van der Waals surface area contributed by atoms with E-state index in [9.17, 15) is 13.6 Å². The van der Waals surface area contributed by atoms with Crippen LogP contribution in [0.15, 0.2) is 29.2 Å². The highest BCUT2D eigenvalue weighted by molar-refractivity contribution is 7.99. The van der Waals surface area contributed by atoms with Crippen LogP contribution >= 0.6 is 24.2 Å². The Morgan fingerprint density at radius 3 is 2.86 bits per heavy atom. The van der Waals surface area contributed by atoms with Gasteiger partial charge in [0.25, 0.3) is 5.76 Å². The van der Waals surface area contributed by atoms with Crippen molar-refractivity contribution in [3.05, 3.63) is 24.3 Å². The summed E-state index contributed by atoms with van der Waals surface area (Å²) in [6, 6.07) is 6.54. The van der Waals surface area contributed by atoms with Crippen LogP contribution in [0.4, 0.5) is 14.5 Å².